The highest BCUT2D eigenvalue weighted by molar-refractivity contribution is 8.00. The minimum Gasteiger partial charge on any atom is -0.310 e. The maximum atomic E-state index is 12.1. The SMILES string of the molecule is Cc1ccnc(NC(=O)C(C)Sc2ccc([N+](=O)[O-])cc2)c1. The number of rotatable bonds is 5. The Morgan fingerprint density at radius 1 is 1.32 bits per heavy atom. The highest BCUT2D eigenvalue weighted by atomic mass is 32.2. The Balaban J connectivity index is 1.97. The first-order valence-corrected chi connectivity index (χ1v) is 7.48. The summed E-state index contributed by atoms with van der Waals surface area (Å²) >= 11 is 1.33. The third-order valence-corrected chi connectivity index (χ3v) is 4.01. The van der Waals surface area contributed by atoms with Crippen LogP contribution < -0.4 is 5.32 Å². The third kappa shape index (κ3) is 4.29. The smallest absolute Gasteiger partial charge is 0.269 e. The lowest BCUT2D eigenvalue weighted by Crippen LogP contribution is -2.22. The molecule has 1 N–H and O–H groups in total. The zero-order valence-electron chi connectivity index (χ0n) is 12.1. The summed E-state index contributed by atoms with van der Waals surface area (Å²) in [6.45, 7) is 3.70. The predicted molar refractivity (Wildman–Crippen MR) is 86.0 cm³/mol. The fourth-order valence-electron chi connectivity index (χ4n) is 1.74. The van der Waals surface area contributed by atoms with E-state index in [9.17, 15) is 14.9 Å². The number of nitro groups is 1. The van der Waals surface area contributed by atoms with Gasteiger partial charge in [0.1, 0.15) is 5.82 Å². The molecule has 1 atom stereocenters. The van der Waals surface area contributed by atoms with Crippen LogP contribution in [0.15, 0.2) is 47.5 Å². The summed E-state index contributed by atoms with van der Waals surface area (Å²) in [6, 6.07) is 9.77. The molecule has 6 nitrogen and oxygen atoms in total. The van der Waals surface area contributed by atoms with Crippen LogP contribution in [-0.2, 0) is 4.79 Å². The van der Waals surface area contributed by atoms with Gasteiger partial charge in [-0.3, -0.25) is 14.9 Å². The number of nitro benzene ring substituents is 1. The molecule has 1 unspecified atom stereocenters. The van der Waals surface area contributed by atoms with E-state index in [1.807, 2.05) is 13.0 Å². The van der Waals surface area contributed by atoms with E-state index in [0.29, 0.717) is 5.82 Å². The molecule has 2 rings (SSSR count). The van der Waals surface area contributed by atoms with Crippen molar-refractivity contribution in [2.45, 2.75) is 24.0 Å². The fourth-order valence-corrected chi connectivity index (χ4v) is 2.60. The lowest BCUT2D eigenvalue weighted by atomic mass is 10.3. The van der Waals surface area contributed by atoms with Gasteiger partial charge in [0.25, 0.3) is 5.69 Å². The largest absolute Gasteiger partial charge is 0.310 e. The van der Waals surface area contributed by atoms with Crippen molar-refractivity contribution >= 4 is 29.2 Å². The van der Waals surface area contributed by atoms with Crippen molar-refractivity contribution in [2.24, 2.45) is 0 Å². The molecule has 0 aliphatic carbocycles. The van der Waals surface area contributed by atoms with Crippen LogP contribution in [0.4, 0.5) is 11.5 Å². The number of amides is 1. The van der Waals surface area contributed by atoms with E-state index in [0.717, 1.165) is 10.5 Å². The number of hydrogen-bond acceptors (Lipinski definition) is 5. The molecular formula is C15H15N3O3S. The van der Waals surface area contributed by atoms with Crippen LogP contribution in [0.25, 0.3) is 0 Å². The number of nitrogens with zero attached hydrogens (tertiary/aromatic N) is 2. The maximum Gasteiger partial charge on any atom is 0.269 e. The van der Waals surface area contributed by atoms with E-state index < -0.39 is 4.92 Å². The topological polar surface area (TPSA) is 85.1 Å². The first-order valence-electron chi connectivity index (χ1n) is 6.60. The number of carbonyl (C=O) groups is 1. The lowest BCUT2D eigenvalue weighted by molar-refractivity contribution is -0.384. The normalized spacial score (nSPS) is 11.7. The molecule has 0 bridgehead atoms. The van der Waals surface area contributed by atoms with E-state index in [1.165, 1.54) is 23.9 Å². The summed E-state index contributed by atoms with van der Waals surface area (Å²) in [5, 5.41) is 13.0. The standard InChI is InChI=1S/C15H15N3O3S/c1-10-7-8-16-14(9-10)17-15(19)11(2)22-13-5-3-12(4-6-13)18(20)21/h3-9,11H,1-2H3,(H,16,17,19). The second-order valence-corrected chi connectivity index (χ2v) is 6.13. The molecule has 1 amide bonds. The van der Waals surface area contributed by atoms with E-state index in [1.54, 1.807) is 31.3 Å². The van der Waals surface area contributed by atoms with Gasteiger partial charge < -0.3 is 5.32 Å². The molecule has 0 saturated carbocycles. The van der Waals surface area contributed by atoms with Gasteiger partial charge in [0.2, 0.25) is 5.91 Å². The van der Waals surface area contributed by atoms with Crippen molar-refractivity contribution in [1.82, 2.24) is 4.98 Å². The summed E-state index contributed by atoms with van der Waals surface area (Å²) in [6.07, 6.45) is 1.64. The van der Waals surface area contributed by atoms with Gasteiger partial charge >= 0.3 is 0 Å². The zero-order valence-corrected chi connectivity index (χ0v) is 13.0. The van der Waals surface area contributed by atoms with Crippen LogP contribution in [0.3, 0.4) is 0 Å². The van der Waals surface area contributed by atoms with Crippen LogP contribution >= 0.6 is 11.8 Å². The molecule has 0 radical (unpaired) electrons. The Labute approximate surface area is 132 Å². The Hall–Kier alpha value is -2.41. The lowest BCUT2D eigenvalue weighted by Gasteiger charge is -2.11. The van der Waals surface area contributed by atoms with Gasteiger partial charge in [0.05, 0.1) is 10.2 Å². The predicted octanol–water partition coefficient (Wildman–Crippen LogP) is 3.42. The van der Waals surface area contributed by atoms with Gasteiger partial charge in [-0.25, -0.2) is 4.98 Å². The third-order valence-electron chi connectivity index (χ3n) is 2.90. The Bertz CT molecular complexity index is 689. The second-order valence-electron chi connectivity index (χ2n) is 4.72. The number of non-ortho nitro benzene ring substituents is 1. The number of anilines is 1. The zero-order chi connectivity index (χ0) is 16.1. The van der Waals surface area contributed by atoms with Crippen molar-refractivity contribution in [2.75, 3.05) is 5.32 Å². The molecule has 0 aliphatic rings. The molecule has 0 fully saturated rings. The molecule has 0 spiro atoms. The summed E-state index contributed by atoms with van der Waals surface area (Å²) in [4.78, 5) is 27.2. The number of aryl methyl sites for hydroxylation is 1. The van der Waals surface area contributed by atoms with Gasteiger partial charge in [-0.15, -0.1) is 11.8 Å². The average Bonchev–Trinajstić information content (AvgIpc) is 2.47. The molecule has 2 aromatic rings. The quantitative estimate of drug-likeness (QED) is 0.519. The molecule has 7 heteroatoms. The van der Waals surface area contributed by atoms with Crippen LogP contribution in [0.5, 0.6) is 0 Å². The molecule has 22 heavy (non-hydrogen) atoms. The molecule has 1 aromatic heterocycles. The maximum absolute atomic E-state index is 12.1. The van der Waals surface area contributed by atoms with Crippen molar-refractivity contribution < 1.29 is 9.72 Å². The molecule has 1 heterocycles. The minimum atomic E-state index is -0.450. The Morgan fingerprint density at radius 2 is 2.00 bits per heavy atom. The number of pyridine rings is 1. The van der Waals surface area contributed by atoms with Crippen LogP contribution in [0.2, 0.25) is 0 Å². The molecule has 1 aromatic carbocycles. The number of hydrogen-bond donors (Lipinski definition) is 1. The van der Waals surface area contributed by atoms with Gasteiger partial charge in [0.15, 0.2) is 0 Å². The Morgan fingerprint density at radius 3 is 2.59 bits per heavy atom. The van der Waals surface area contributed by atoms with Crippen molar-refractivity contribution in [3.05, 3.63) is 58.3 Å². The first-order chi connectivity index (χ1) is 10.5. The first kappa shape index (κ1) is 16.0. The van der Waals surface area contributed by atoms with Gasteiger partial charge in [-0.2, -0.15) is 0 Å². The summed E-state index contributed by atoms with van der Waals surface area (Å²) in [5.41, 5.74) is 1.05. The van der Waals surface area contributed by atoms with E-state index in [4.69, 9.17) is 0 Å². The average molecular weight is 317 g/mol. The van der Waals surface area contributed by atoms with Crippen molar-refractivity contribution in [1.29, 1.82) is 0 Å². The molecule has 0 aliphatic heterocycles. The fraction of sp³-hybridized carbons (Fsp3) is 0.200. The number of aromatic nitrogens is 1. The highest BCUT2D eigenvalue weighted by Crippen LogP contribution is 2.26. The number of carbonyl (C=O) groups excluding carboxylic acids is 1. The van der Waals surface area contributed by atoms with E-state index >= 15 is 0 Å². The Kier molecular flexibility index (Phi) is 5.11. The summed E-state index contributed by atoms with van der Waals surface area (Å²) in [5.74, 6) is 0.350. The molecular weight excluding hydrogens is 302 g/mol. The van der Waals surface area contributed by atoms with Gasteiger partial charge in [-0.05, 0) is 43.7 Å². The minimum absolute atomic E-state index is 0.0328. The van der Waals surface area contributed by atoms with Crippen molar-refractivity contribution in [3.63, 3.8) is 0 Å². The number of benzene rings is 1. The highest BCUT2D eigenvalue weighted by Gasteiger charge is 2.15. The van der Waals surface area contributed by atoms with Gasteiger partial charge in [0, 0.05) is 23.2 Å². The second kappa shape index (κ2) is 7.04. The molecule has 0 saturated heterocycles. The van der Waals surface area contributed by atoms with Crippen LogP contribution in [0, 0.1) is 17.0 Å². The summed E-state index contributed by atoms with van der Waals surface area (Å²) in [7, 11) is 0. The van der Waals surface area contributed by atoms with Gasteiger partial charge in [-0.1, -0.05) is 0 Å². The van der Waals surface area contributed by atoms with E-state index in [2.05, 4.69) is 10.3 Å². The monoisotopic (exact) mass is 317 g/mol. The number of nitrogens with one attached hydrogen (secondary N) is 1. The van der Waals surface area contributed by atoms with Crippen LogP contribution in [-0.4, -0.2) is 21.1 Å². The van der Waals surface area contributed by atoms with Crippen LogP contribution in [0.1, 0.15) is 12.5 Å². The van der Waals surface area contributed by atoms with E-state index in [-0.39, 0.29) is 16.8 Å². The summed E-state index contributed by atoms with van der Waals surface area (Å²) < 4.78 is 0. The molecule has 114 valence electrons. The number of thioether (sulfide) groups is 1. The van der Waals surface area contributed by atoms with Crippen molar-refractivity contribution in [3.8, 4) is 0 Å².